The summed E-state index contributed by atoms with van der Waals surface area (Å²) in [5, 5.41) is 2.58. The molecule has 22 heavy (non-hydrogen) atoms. The molecule has 1 atom stereocenters. The molecule has 0 spiro atoms. The highest BCUT2D eigenvalue weighted by molar-refractivity contribution is 6.76. The molecule has 118 valence electrons. The number of hydrogen-bond acceptors (Lipinski definition) is 2. The fraction of sp³-hybridized carbons (Fsp3) is 0.312. The number of halogens is 3. The molecule has 1 aromatic carbocycles. The van der Waals surface area contributed by atoms with Crippen molar-refractivity contribution in [3.05, 3.63) is 42.5 Å². The van der Waals surface area contributed by atoms with Crippen LogP contribution in [-0.4, -0.2) is 22.9 Å². The van der Waals surface area contributed by atoms with Crippen molar-refractivity contribution >= 4 is 40.7 Å². The second kappa shape index (κ2) is 8.95. The van der Waals surface area contributed by atoms with E-state index in [9.17, 15) is 4.79 Å². The molecular weight excluding hydrogens is 345 g/mol. The first-order valence-corrected chi connectivity index (χ1v) is 7.63. The predicted molar refractivity (Wildman–Crippen MR) is 91.5 cm³/mol. The molecule has 0 saturated heterocycles. The van der Waals surface area contributed by atoms with Crippen LogP contribution < -0.4 is 10.1 Å². The number of methoxy groups -OCH3 is 1. The summed E-state index contributed by atoms with van der Waals surface area (Å²) in [6, 6.07) is 7.15. The zero-order valence-corrected chi connectivity index (χ0v) is 14.3. The number of benzene rings is 1. The third kappa shape index (κ3) is 6.62. The summed E-state index contributed by atoms with van der Waals surface area (Å²) in [5.41, 5.74) is 0.890. The lowest BCUT2D eigenvalue weighted by Crippen LogP contribution is -2.40. The van der Waals surface area contributed by atoms with Crippen molar-refractivity contribution in [2.75, 3.05) is 7.11 Å². The standard InChI is InChI=1S/C16H16Cl3NO2/c1-3-13(20-15(21)16(17,18)19)7-5-4-6-12-8-10-14(22-2)11-9-12/h3,8-11,13H,1,5,7H2,2H3,(H,20,21). The SMILES string of the molecule is C=CC(CCC#Cc1ccc(OC)cc1)NC(=O)C(Cl)(Cl)Cl. The number of carbonyl (C=O) groups is 1. The number of amides is 1. The van der Waals surface area contributed by atoms with Crippen molar-refractivity contribution in [3.8, 4) is 17.6 Å². The van der Waals surface area contributed by atoms with E-state index in [1.807, 2.05) is 24.3 Å². The summed E-state index contributed by atoms with van der Waals surface area (Å²) in [6.45, 7) is 3.65. The number of carbonyl (C=O) groups excluding carboxylic acids is 1. The predicted octanol–water partition coefficient (Wildman–Crippen LogP) is 3.87. The summed E-state index contributed by atoms with van der Waals surface area (Å²) >= 11 is 16.5. The molecule has 0 aliphatic carbocycles. The second-order valence-electron chi connectivity index (χ2n) is 4.38. The first kappa shape index (κ1) is 18.7. The Kier molecular flexibility index (Phi) is 7.61. The van der Waals surface area contributed by atoms with Crippen LogP contribution in [0.4, 0.5) is 0 Å². The molecule has 0 heterocycles. The van der Waals surface area contributed by atoms with Crippen LogP contribution in [0.3, 0.4) is 0 Å². The highest BCUT2D eigenvalue weighted by Gasteiger charge is 2.31. The molecule has 0 radical (unpaired) electrons. The van der Waals surface area contributed by atoms with Gasteiger partial charge in [0.2, 0.25) is 0 Å². The Labute approximate surface area is 145 Å². The molecule has 1 rings (SSSR count). The van der Waals surface area contributed by atoms with Gasteiger partial charge in [-0.2, -0.15) is 0 Å². The molecule has 0 aliphatic rings. The fourth-order valence-corrected chi connectivity index (χ4v) is 1.73. The fourth-order valence-electron chi connectivity index (χ4n) is 1.57. The molecule has 0 aliphatic heterocycles. The molecule has 0 saturated carbocycles. The number of ether oxygens (including phenoxy) is 1. The quantitative estimate of drug-likeness (QED) is 0.492. The van der Waals surface area contributed by atoms with Crippen LogP contribution in [0.25, 0.3) is 0 Å². The average Bonchev–Trinajstić information content (AvgIpc) is 2.49. The normalized spacial score (nSPS) is 11.8. The van der Waals surface area contributed by atoms with Gasteiger partial charge in [-0.05, 0) is 30.7 Å². The Balaban J connectivity index is 2.49. The monoisotopic (exact) mass is 359 g/mol. The zero-order chi connectivity index (χ0) is 16.6. The summed E-state index contributed by atoms with van der Waals surface area (Å²) in [6.07, 6.45) is 2.74. The second-order valence-corrected chi connectivity index (χ2v) is 6.66. The zero-order valence-electron chi connectivity index (χ0n) is 12.0. The Morgan fingerprint density at radius 1 is 1.41 bits per heavy atom. The minimum atomic E-state index is -1.98. The van der Waals surface area contributed by atoms with Crippen molar-refractivity contribution in [2.24, 2.45) is 0 Å². The van der Waals surface area contributed by atoms with Gasteiger partial charge < -0.3 is 10.1 Å². The van der Waals surface area contributed by atoms with Crippen LogP contribution in [0.2, 0.25) is 0 Å². The summed E-state index contributed by atoms with van der Waals surface area (Å²) in [7, 11) is 1.61. The van der Waals surface area contributed by atoms with Crippen molar-refractivity contribution in [1.82, 2.24) is 5.32 Å². The van der Waals surface area contributed by atoms with Gasteiger partial charge in [0.15, 0.2) is 0 Å². The number of alkyl halides is 3. The molecule has 1 amide bonds. The van der Waals surface area contributed by atoms with Crippen LogP contribution in [0.1, 0.15) is 18.4 Å². The number of nitrogens with one attached hydrogen (secondary N) is 1. The van der Waals surface area contributed by atoms with Gasteiger partial charge in [0.05, 0.1) is 7.11 Å². The minimum Gasteiger partial charge on any atom is -0.497 e. The molecule has 1 N–H and O–H groups in total. The van der Waals surface area contributed by atoms with E-state index in [0.29, 0.717) is 12.8 Å². The maximum absolute atomic E-state index is 11.5. The number of hydrogen-bond donors (Lipinski definition) is 1. The van der Waals surface area contributed by atoms with E-state index in [-0.39, 0.29) is 6.04 Å². The van der Waals surface area contributed by atoms with Crippen LogP contribution in [0.5, 0.6) is 5.75 Å². The Morgan fingerprint density at radius 2 is 2.05 bits per heavy atom. The molecule has 1 unspecified atom stereocenters. The van der Waals surface area contributed by atoms with Crippen molar-refractivity contribution in [2.45, 2.75) is 22.7 Å². The van der Waals surface area contributed by atoms with Gasteiger partial charge in [-0.15, -0.1) is 6.58 Å². The van der Waals surface area contributed by atoms with Gasteiger partial charge in [-0.3, -0.25) is 4.79 Å². The van der Waals surface area contributed by atoms with Crippen LogP contribution in [-0.2, 0) is 4.79 Å². The molecule has 0 bridgehead atoms. The maximum atomic E-state index is 11.5. The summed E-state index contributed by atoms with van der Waals surface area (Å²) in [4.78, 5) is 11.5. The smallest absolute Gasteiger partial charge is 0.272 e. The number of rotatable bonds is 5. The van der Waals surface area contributed by atoms with E-state index in [1.54, 1.807) is 13.2 Å². The molecule has 0 aromatic heterocycles. The highest BCUT2D eigenvalue weighted by atomic mass is 35.6. The van der Waals surface area contributed by atoms with Crippen LogP contribution >= 0.6 is 34.8 Å². The van der Waals surface area contributed by atoms with Gasteiger partial charge in [0, 0.05) is 18.0 Å². The van der Waals surface area contributed by atoms with Crippen molar-refractivity contribution in [1.29, 1.82) is 0 Å². The molecule has 1 aromatic rings. The van der Waals surface area contributed by atoms with E-state index in [2.05, 4.69) is 23.7 Å². The maximum Gasteiger partial charge on any atom is 0.272 e. The lowest BCUT2D eigenvalue weighted by molar-refractivity contribution is -0.120. The summed E-state index contributed by atoms with van der Waals surface area (Å²) < 4.78 is 3.10. The van der Waals surface area contributed by atoms with E-state index < -0.39 is 9.70 Å². The van der Waals surface area contributed by atoms with E-state index in [0.717, 1.165) is 11.3 Å². The van der Waals surface area contributed by atoms with Crippen LogP contribution in [0, 0.1) is 11.8 Å². The third-order valence-corrected chi connectivity index (χ3v) is 3.28. The van der Waals surface area contributed by atoms with E-state index >= 15 is 0 Å². The van der Waals surface area contributed by atoms with Gasteiger partial charge in [-0.25, -0.2) is 0 Å². The van der Waals surface area contributed by atoms with E-state index in [4.69, 9.17) is 39.5 Å². The first-order valence-electron chi connectivity index (χ1n) is 6.50. The first-order chi connectivity index (χ1) is 10.4. The Hall–Kier alpha value is -1.34. The lowest BCUT2D eigenvalue weighted by atomic mass is 10.1. The Bertz CT molecular complexity index is 568. The van der Waals surface area contributed by atoms with Gasteiger partial charge in [0.1, 0.15) is 5.75 Å². The van der Waals surface area contributed by atoms with Crippen molar-refractivity contribution < 1.29 is 9.53 Å². The Morgan fingerprint density at radius 3 is 2.55 bits per heavy atom. The topological polar surface area (TPSA) is 38.3 Å². The van der Waals surface area contributed by atoms with Crippen LogP contribution in [0.15, 0.2) is 36.9 Å². The third-order valence-electron chi connectivity index (χ3n) is 2.76. The molecule has 0 fully saturated rings. The van der Waals surface area contributed by atoms with Crippen molar-refractivity contribution in [3.63, 3.8) is 0 Å². The average molecular weight is 361 g/mol. The lowest BCUT2D eigenvalue weighted by Gasteiger charge is -2.17. The largest absolute Gasteiger partial charge is 0.497 e. The van der Waals surface area contributed by atoms with Gasteiger partial charge in [-0.1, -0.05) is 52.7 Å². The summed E-state index contributed by atoms with van der Waals surface area (Å²) in [5.74, 6) is 6.16. The minimum absolute atomic E-state index is 0.298. The van der Waals surface area contributed by atoms with E-state index in [1.165, 1.54) is 0 Å². The molecule has 6 heteroatoms. The molecular formula is C16H16Cl3NO2. The molecule has 3 nitrogen and oxygen atoms in total. The highest BCUT2D eigenvalue weighted by Crippen LogP contribution is 2.26. The van der Waals surface area contributed by atoms with Gasteiger partial charge in [0.25, 0.3) is 9.70 Å². The van der Waals surface area contributed by atoms with Gasteiger partial charge >= 0.3 is 0 Å².